The molecule has 102 valence electrons. The van der Waals surface area contributed by atoms with Gasteiger partial charge in [-0.15, -0.1) is 13.2 Å². The van der Waals surface area contributed by atoms with Gasteiger partial charge in [-0.1, -0.05) is 18.2 Å². The van der Waals surface area contributed by atoms with Crippen molar-refractivity contribution in [3.63, 3.8) is 0 Å². The molecule has 0 amide bonds. The zero-order valence-corrected chi connectivity index (χ0v) is 10.4. The molecule has 0 aromatic heterocycles. The third kappa shape index (κ3) is 4.63. The van der Waals surface area contributed by atoms with Gasteiger partial charge >= 0.3 is 6.36 Å². The van der Waals surface area contributed by atoms with Crippen LogP contribution in [-0.2, 0) is 9.84 Å². The second-order valence-corrected chi connectivity index (χ2v) is 5.46. The van der Waals surface area contributed by atoms with Crippen LogP contribution >= 0.6 is 0 Å². The number of hydrogen-bond acceptors (Lipinski definition) is 4. The van der Waals surface area contributed by atoms with E-state index in [1.54, 1.807) is 0 Å². The number of halogens is 3. The number of hydrogen-bond donors (Lipinski definition) is 0. The van der Waals surface area contributed by atoms with Crippen molar-refractivity contribution in [2.45, 2.75) is 6.36 Å². The molecule has 0 aliphatic rings. The molecule has 0 bridgehead atoms. The number of sulfone groups is 1. The maximum atomic E-state index is 12.1. The molecule has 1 aromatic carbocycles. The summed E-state index contributed by atoms with van der Waals surface area (Å²) in [6.07, 6.45) is -3.28. The van der Waals surface area contributed by atoms with Crippen LogP contribution in [0.15, 0.2) is 29.2 Å². The normalized spacial score (nSPS) is 12.9. The van der Waals surface area contributed by atoms with Crippen molar-refractivity contribution in [3.8, 4) is 11.8 Å². The number of nitrogens with zero attached hydrogens (tertiary/aromatic N) is 1. The zero-order chi connectivity index (χ0) is 14.7. The first kappa shape index (κ1) is 15.0. The Hall–Kier alpha value is -2.01. The van der Waals surface area contributed by atoms with Gasteiger partial charge in [0.25, 0.3) is 0 Å². The zero-order valence-electron chi connectivity index (χ0n) is 9.60. The lowest BCUT2D eigenvalue weighted by atomic mass is 10.2. The van der Waals surface area contributed by atoms with Gasteiger partial charge in [-0.2, -0.15) is 5.26 Å². The van der Waals surface area contributed by atoms with Gasteiger partial charge in [0.05, 0.1) is 0 Å². The minimum absolute atomic E-state index is 0.151. The summed E-state index contributed by atoms with van der Waals surface area (Å²) in [5.74, 6) is -0.577. The van der Waals surface area contributed by atoms with E-state index in [9.17, 15) is 21.6 Å². The highest BCUT2D eigenvalue weighted by atomic mass is 32.2. The van der Waals surface area contributed by atoms with E-state index < -0.39 is 26.9 Å². The molecule has 0 saturated carbocycles. The lowest BCUT2D eigenvalue weighted by Gasteiger charge is -2.11. The third-order valence-electron chi connectivity index (χ3n) is 1.94. The van der Waals surface area contributed by atoms with Crippen LogP contribution in [0.2, 0.25) is 0 Å². The van der Waals surface area contributed by atoms with E-state index in [0.717, 1.165) is 18.4 Å². The molecule has 19 heavy (non-hydrogen) atoms. The predicted octanol–water partition coefficient (Wildman–Crippen LogP) is 2.49. The number of allylic oxidation sites excluding steroid dienone is 1. The summed E-state index contributed by atoms with van der Waals surface area (Å²) in [4.78, 5) is -0.647. The molecular weight excluding hydrogens is 283 g/mol. The SMILES string of the molecule is CS(=O)(=O)C(C#N)=Cc1ccccc1OC(F)(F)F. The number of nitriles is 1. The molecule has 0 atom stereocenters. The molecule has 0 heterocycles. The van der Waals surface area contributed by atoms with Gasteiger partial charge < -0.3 is 4.74 Å². The molecule has 0 aliphatic carbocycles. The molecular formula is C11H8F3NO3S. The fraction of sp³-hybridized carbons (Fsp3) is 0.182. The van der Waals surface area contributed by atoms with Crippen LogP contribution in [0.1, 0.15) is 5.56 Å². The molecule has 0 N–H and O–H groups in total. The van der Waals surface area contributed by atoms with Gasteiger partial charge in [-0.25, -0.2) is 8.42 Å². The second kappa shape index (κ2) is 5.32. The van der Waals surface area contributed by atoms with E-state index in [1.807, 2.05) is 0 Å². The largest absolute Gasteiger partial charge is 0.573 e. The maximum absolute atomic E-state index is 12.1. The minimum atomic E-state index is -4.90. The highest BCUT2D eigenvalue weighted by molar-refractivity contribution is 7.95. The summed E-state index contributed by atoms with van der Waals surface area (Å²) in [6, 6.07) is 6.34. The first-order chi connectivity index (χ1) is 8.63. The van der Waals surface area contributed by atoms with Crippen molar-refractivity contribution in [3.05, 3.63) is 34.7 Å². The smallest absolute Gasteiger partial charge is 0.405 e. The van der Waals surface area contributed by atoms with Crippen LogP contribution in [0, 0.1) is 11.3 Å². The van der Waals surface area contributed by atoms with Crippen LogP contribution < -0.4 is 4.74 Å². The van der Waals surface area contributed by atoms with Gasteiger partial charge in [0.1, 0.15) is 16.7 Å². The van der Waals surface area contributed by atoms with E-state index in [4.69, 9.17) is 5.26 Å². The van der Waals surface area contributed by atoms with Crippen molar-refractivity contribution in [2.24, 2.45) is 0 Å². The maximum Gasteiger partial charge on any atom is 0.573 e. The Balaban J connectivity index is 3.30. The molecule has 1 rings (SSSR count). The highest BCUT2D eigenvalue weighted by Crippen LogP contribution is 2.28. The molecule has 0 spiro atoms. The van der Waals surface area contributed by atoms with Crippen LogP contribution in [0.25, 0.3) is 6.08 Å². The van der Waals surface area contributed by atoms with Gasteiger partial charge in [-0.3, -0.25) is 0 Å². The Bertz CT molecular complexity index is 642. The Kier molecular flexibility index (Phi) is 4.21. The molecule has 0 unspecified atom stereocenters. The summed E-state index contributed by atoms with van der Waals surface area (Å²) in [5, 5.41) is 8.69. The fourth-order valence-electron chi connectivity index (χ4n) is 1.18. The molecule has 0 aliphatic heterocycles. The second-order valence-electron chi connectivity index (χ2n) is 3.48. The lowest BCUT2D eigenvalue weighted by molar-refractivity contribution is -0.274. The minimum Gasteiger partial charge on any atom is -0.405 e. The van der Waals surface area contributed by atoms with Crippen molar-refractivity contribution < 1.29 is 26.3 Å². The Morgan fingerprint density at radius 3 is 2.42 bits per heavy atom. The molecule has 8 heteroatoms. The van der Waals surface area contributed by atoms with Crippen molar-refractivity contribution in [1.82, 2.24) is 0 Å². The number of ether oxygens (including phenoxy) is 1. The molecule has 4 nitrogen and oxygen atoms in total. The molecule has 0 saturated heterocycles. The third-order valence-corrected chi connectivity index (χ3v) is 2.95. The average molecular weight is 291 g/mol. The number of rotatable bonds is 3. The van der Waals surface area contributed by atoms with E-state index in [2.05, 4.69) is 4.74 Å². The monoisotopic (exact) mass is 291 g/mol. The summed E-state index contributed by atoms with van der Waals surface area (Å²) in [5.41, 5.74) is -0.151. The van der Waals surface area contributed by atoms with Gasteiger partial charge in [0.2, 0.25) is 0 Å². The first-order valence-corrected chi connectivity index (χ1v) is 6.69. The predicted molar refractivity (Wildman–Crippen MR) is 61.6 cm³/mol. The van der Waals surface area contributed by atoms with Crippen LogP contribution in [0.5, 0.6) is 5.75 Å². The van der Waals surface area contributed by atoms with Gasteiger partial charge in [0, 0.05) is 11.8 Å². The number of alkyl halides is 3. The quantitative estimate of drug-likeness (QED) is 0.802. The summed E-state index contributed by atoms with van der Waals surface area (Å²) in [6.45, 7) is 0. The highest BCUT2D eigenvalue weighted by Gasteiger charge is 2.31. The van der Waals surface area contributed by atoms with Crippen molar-refractivity contribution >= 4 is 15.9 Å². The lowest BCUT2D eigenvalue weighted by Crippen LogP contribution is -2.17. The van der Waals surface area contributed by atoms with Crippen molar-refractivity contribution in [2.75, 3.05) is 6.26 Å². The Morgan fingerprint density at radius 2 is 1.95 bits per heavy atom. The summed E-state index contributed by atoms with van der Waals surface area (Å²) >= 11 is 0. The Morgan fingerprint density at radius 1 is 1.37 bits per heavy atom. The summed E-state index contributed by atoms with van der Waals surface area (Å²) in [7, 11) is -3.81. The molecule has 0 fully saturated rings. The van der Waals surface area contributed by atoms with Gasteiger partial charge in [0.15, 0.2) is 9.84 Å². The molecule has 0 radical (unpaired) electrons. The van der Waals surface area contributed by atoms with Crippen LogP contribution in [0.4, 0.5) is 13.2 Å². The molecule has 1 aromatic rings. The van der Waals surface area contributed by atoms with E-state index in [1.165, 1.54) is 24.3 Å². The van der Waals surface area contributed by atoms with Crippen LogP contribution in [-0.4, -0.2) is 21.0 Å². The Labute approximate surface area is 107 Å². The van der Waals surface area contributed by atoms with E-state index in [0.29, 0.717) is 0 Å². The first-order valence-electron chi connectivity index (χ1n) is 4.80. The fourth-order valence-corrected chi connectivity index (χ4v) is 1.69. The van der Waals surface area contributed by atoms with Crippen molar-refractivity contribution in [1.29, 1.82) is 5.26 Å². The van der Waals surface area contributed by atoms with E-state index in [-0.39, 0.29) is 5.56 Å². The van der Waals surface area contributed by atoms with Gasteiger partial charge in [-0.05, 0) is 12.1 Å². The number of benzene rings is 1. The topological polar surface area (TPSA) is 67.2 Å². The van der Waals surface area contributed by atoms with Crippen LogP contribution in [0.3, 0.4) is 0 Å². The average Bonchev–Trinajstić information content (AvgIpc) is 2.24. The standard InChI is InChI=1S/C11H8F3NO3S/c1-19(16,17)9(7-15)6-8-4-2-3-5-10(8)18-11(12,13)14/h2-6H,1H3. The summed E-state index contributed by atoms with van der Waals surface area (Å²) < 4.78 is 62.6. The number of para-hydroxylation sites is 1. The van der Waals surface area contributed by atoms with E-state index >= 15 is 0 Å².